The normalized spacial score (nSPS) is 14.4. The number of nitrogens with two attached hydrogens (primary N) is 1. The third-order valence-electron chi connectivity index (χ3n) is 5.82. The molecule has 0 aromatic heterocycles. The van der Waals surface area contributed by atoms with E-state index in [-0.39, 0.29) is 39.3 Å². The van der Waals surface area contributed by atoms with Gasteiger partial charge in [0, 0.05) is 28.4 Å². The molecule has 1 atom stereocenters. The first-order valence-corrected chi connectivity index (χ1v) is 10.9. The van der Waals surface area contributed by atoms with E-state index in [1.54, 1.807) is 36.4 Å². The lowest BCUT2D eigenvalue weighted by Crippen LogP contribution is -2.31. The van der Waals surface area contributed by atoms with Crippen LogP contribution in [0.4, 0.5) is 11.4 Å². The standard InChI is InChI=1S/C26H20N2O7/c1-13(25(31)28-14-6-9-19-20(12-14)34-11-10-33-19)35-26(32)18-8-7-17-21(22(18)27)24(30)16-5-3-2-4-15(16)23(17)29/h2-9,12-13H,10-11,27H2,1H3,(H,28,31)/t13-/m0/s1. The van der Waals surface area contributed by atoms with Crippen LogP contribution in [0.25, 0.3) is 0 Å². The number of amides is 1. The number of hydrogen-bond donors (Lipinski definition) is 2. The van der Waals surface area contributed by atoms with Crippen LogP contribution >= 0.6 is 0 Å². The molecule has 0 fully saturated rings. The number of ether oxygens (including phenoxy) is 3. The van der Waals surface area contributed by atoms with Gasteiger partial charge in [0.15, 0.2) is 29.2 Å². The number of nitrogens with one attached hydrogen (secondary N) is 1. The summed E-state index contributed by atoms with van der Waals surface area (Å²) in [6.07, 6.45) is -1.18. The quantitative estimate of drug-likeness (QED) is 0.342. The third-order valence-corrected chi connectivity index (χ3v) is 5.82. The molecule has 1 amide bonds. The van der Waals surface area contributed by atoms with Gasteiger partial charge in [-0.2, -0.15) is 0 Å². The predicted octanol–water partition coefficient (Wildman–Crippen LogP) is 3.00. The second kappa shape index (κ2) is 8.60. The van der Waals surface area contributed by atoms with E-state index < -0.39 is 23.8 Å². The van der Waals surface area contributed by atoms with Crippen LogP contribution in [0, 0.1) is 0 Å². The second-order valence-electron chi connectivity index (χ2n) is 8.05. The van der Waals surface area contributed by atoms with Crippen molar-refractivity contribution in [2.24, 2.45) is 0 Å². The Kier molecular flexibility index (Phi) is 5.44. The van der Waals surface area contributed by atoms with Crippen LogP contribution in [0.15, 0.2) is 54.6 Å². The number of esters is 1. The summed E-state index contributed by atoms with van der Waals surface area (Å²) in [5, 5.41) is 2.66. The Labute approximate surface area is 199 Å². The molecule has 0 saturated carbocycles. The fourth-order valence-corrected chi connectivity index (χ4v) is 4.03. The Hall–Kier alpha value is -4.66. The largest absolute Gasteiger partial charge is 0.486 e. The lowest BCUT2D eigenvalue weighted by atomic mass is 9.82. The highest BCUT2D eigenvalue weighted by molar-refractivity contribution is 6.30. The molecule has 176 valence electrons. The first kappa shape index (κ1) is 22.1. The number of ketones is 2. The molecule has 1 aliphatic heterocycles. The number of rotatable bonds is 4. The summed E-state index contributed by atoms with van der Waals surface area (Å²) < 4.78 is 16.3. The molecule has 0 bridgehead atoms. The van der Waals surface area contributed by atoms with E-state index in [1.807, 2.05) is 0 Å². The van der Waals surface area contributed by atoms with Gasteiger partial charge in [0.25, 0.3) is 5.91 Å². The molecule has 3 aromatic rings. The fraction of sp³-hybridized carbons (Fsp3) is 0.154. The highest BCUT2D eigenvalue weighted by Gasteiger charge is 2.33. The van der Waals surface area contributed by atoms with Crippen molar-refractivity contribution in [2.45, 2.75) is 13.0 Å². The zero-order chi connectivity index (χ0) is 24.7. The summed E-state index contributed by atoms with van der Waals surface area (Å²) in [5.74, 6) is -1.20. The number of carbonyl (C=O) groups is 4. The van der Waals surface area contributed by atoms with Crippen molar-refractivity contribution in [1.29, 1.82) is 0 Å². The molecule has 3 aromatic carbocycles. The Morgan fingerprint density at radius 3 is 2.34 bits per heavy atom. The maximum Gasteiger partial charge on any atom is 0.341 e. The molecule has 2 aliphatic rings. The highest BCUT2D eigenvalue weighted by atomic mass is 16.6. The Morgan fingerprint density at radius 1 is 0.914 bits per heavy atom. The molecule has 0 radical (unpaired) electrons. The molecule has 5 rings (SSSR count). The van der Waals surface area contributed by atoms with Crippen LogP contribution < -0.4 is 20.5 Å². The van der Waals surface area contributed by atoms with Crippen molar-refractivity contribution < 1.29 is 33.4 Å². The number of fused-ring (bicyclic) bond motifs is 3. The monoisotopic (exact) mass is 472 g/mol. The van der Waals surface area contributed by atoms with E-state index in [4.69, 9.17) is 19.9 Å². The third kappa shape index (κ3) is 3.86. The minimum Gasteiger partial charge on any atom is -0.486 e. The van der Waals surface area contributed by atoms with Crippen molar-refractivity contribution in [2.75, 3.05) is 24.3 Å². The van der Waals surface area contributed by atoms with Crippen molar-refractivity contribution in [1.82, 2.24) is 0 Å². The average Bonchev–Trinajstić information content (AvgIpc) is 2.87. The van der Waals surface area contributed by atoms with Gasteiger partial charge in [0.2, 0.25) is 0 Å². The van der Waals surface area contributed by atoms with Crippen LogP contribution in [-0.2, 0) is 9.53 Å². The van der Waals surface area contributed by atoms with Gasteiger partial charge in [0.05, 0.1) is 16.8 Å². The van der Waals surface area contributed by atoms with Gasteiger partial charge in [-0.15, -0.1) is 0 Å². The summed E-state index contributed by atoms with van der Waals surface area (Å²) in [4.78, 5) is 51.3. The smallest absolute Gasteiger partial charge is 0.341 e. The van der Waals surface area contributed by atoms with E-state index in [9.17, 15) is 19.2 Å². The average molecular weight is 472 g/mol. The van der Waals surface area contributed by atoms with E-state index in [1.165, 1.54) is 25.1 Å². The molecular formula is C26H20N2O7. The summed E-state index contributed by atoms with van der Waals surface area (Å²) in [5.41, 5.74) is 6.89. The van der Waals surface area contributed by atoms with Crippen molar-refractivity contribution in [3.8, 4) is 11.5 Å². The summed E-state index contributed by atoms with van der Waals surface area (Å²) in [6, 6.07) is 14.0. The molecule has 0 unspecified atom stereocenters. The topological polar surface area (TPSA) is 134 Å². The Balaban J connectivity index is 1.33. The molecule has 1 aliphatic carbocycles. The zero-order valence-electron chi connectivity index (χ0n) is 18.6. The molecule has 0 spiro atoms. The summed E-state index contributed by atoms with van der Waals surface area (Å²) in [7, 11) is 0. The summed E-state index contributed by atoms with van der Waals surface area (Å²) >= 11 is 0. The van der Waals surface area contributed by atoms with Gasteiger partial charge in [-0.3, -0.25) is 14.4 Å². The van der Waals surface area contributed by atoms with Crippen molar-refractivity contribution >= 4 is 34.8 Å². The van der Waals surface area contributed by atoms with Gasteiger partial charge in [0.1, 0.15) is 13.2 Å². The van der Waals surface area contributed by atoms with Crippen molar-refractivity contribution in [3.05, 3.63) is 82.4 Å². The van der Waals surface area contributed by atoms with Crippen LogP contribution in [-0.4, -0.2) is 42.8 Å². The molecule has 1 heterocycles. The highest BCUT2D eigenvalue weighted by Crippen LogP contribution is 2.34. The van der Waals surface area contributed by atoms with Crippen LogP contribution in [0.1, 0.15) is 49.1 Å². The van der Waals surface area contributed by atoms with E-state index in [0.717, 1.165) is 0 Å². The second-order valence-corrected chi connectivity index (χ2v) is 8.05. The molecule has 9 heteroatoms. The zero-order valence-corrected chi connectivity index (χ0v) is 18.6. The van der Waals surface area contributed by atoms with Gasteiger partial charge < -0.3 is 25.3 Å². The fourth-order valence-electron chi connectivity index (χ4n) is 4.03. The molecule has 35 heavy (non-hydrogen) atoms. The van der Waals surface area contributed by atoms with Gasteiger partial charge in [-0.05, 0) is 31.2 Å². The number of benzene rings is 3. The SMILES string of the molecule is C[C@H](OC(=O)c1ccc2c(c1N)C(=O)c1ccccc1C2=O)C(=O)Nc1ccc2c(c1)OCCO2. The Morgan fingerprint density at radius 2 is 1.60 bits per heavy atom. The number of carbonyl (C=O) groups excluding carboxylic acids is 4. The van der Waals surface area contributed by atoms with Gasteiger partial charge in [-0.25, -0.2) is 4.79 Å². The lowest BCUT2D eigenvalue weighted by molar-refractivity contribution is -0.123. The molecule has 3 N–H and O–H groups in total. The van der Waals surface area contributed by atoms with E-state index in [2.05, 4.69) is 5.32 Å². The first-order valence-electron chi connectivity index (χ1n) is 10.9. The first-order chi connectivity index (χ1) is 16.8. The summed E-state index contributed by atoms with van der Waals surface area (Å²) in [6.45, 7) is 2.26. The maximum atomic E-state index is 13.0. The minimum absolute atomic E-state index is 0.0449. The minimum atomic E-state index is -1.18. The van der Waals surface area contributed by atoms with Gasteiger partial charge >= 0.3 is 5.97 Å². The van der Waals surface area contributed by atoms with Crippen LogP contribution in [0.5, 0.6) is 11.5 Å². The van der Waals surface area contributed by atoms with Gasteiger partial charge in [-0.1, -0.05) is 24.3 Å². The van der Waals surface area contributed by atoms with Crippen molar-refractivity contribution in [3.63, 3.8) is 0 Å². The Bertz CT molecular complexity index is 1410. The van der Waals surface area contributed by atoms with E-state index in [0.29, 0.717) is 30.4 Å². The molecular weight excluding hydrogens is 452 g/mol. The van der Waals surface area contributed by atoms with E-state index >= 15 is 0 Å². The molecule has 0 saturated heterocycles. The number of anilines is 2. The van der Waals surface area contributed by atoms with Crippen LogP contribution in [0.3, 0.4) is 0 Å². The maximum absolute atomic E-state index is 13.0. The van der Waals surface area contributed by atoms with Crippen LogP contribution in [0.2, 0.25) is 0 Å². The molecule has 9 nitrogen and oxygen atoms in total. The number of nitrogen functional groups attached to an aromatic ring is 1. The predicted molar refractivity (Wildman–Crippen MR) is 125 cm³/mol. The number of hydrogen-bond acceptors (Lipinski definition) is 8. The lowest BCUT2D eigenvalue weighted by Gasteiger charge is -2.21.